The minimum Gasteiger partial charge on any atom is -0.351 e. The van der Waals surface area contributed by atoms with Crippen molar-refractivity contribution < 1.29 is 26.4 Å². The van der Waals surface area contributed by atoms with Crippen LogP contribution in [0.1, 0.15) is 17.3 Å². The number of hydrogen-bond donors (Lipinski definition) is 2. The molecule has 0 bridgehead atoms. The smallest absolute Gasteiger partial charge is 0.251 e. The Labute approximate surface area is 146 Å². The van der Waals surface area contributed by atoms with Crippen molar-refractivity contribution in [1.29, 1.82) is 0 Å². The zero-order valence-corrected chi connectivity index (χ0v) is 15.4. The minimum absolute atomic E-state index is 0.0692. The zero-order chi connectivity index (χ0) is 18.8. The molecule has 138 valence electrons. The molecular weight excluding hydrogens is 370 g/mol. The molecule has 1 fully saturated rings. The molecule has 1 aromatic carbocycles. The second-order valence-corrected chi connectivity index (χ2v) is 9.52. The van der Waals surface area contributed by atoms with Crippen LogP contribution in [0.5, 0.6) is 0 Å². The van der Waals surface area contributed by atoms with Crippen molar-refractivity contribution >= 4 is 37.5 Å². The van der Waals surface area contributed by atoms with Gasteiger partial charge >= 0.3 is 0 Å². The van der Waals surface area contributed by atoms with Gasteiger partial charge < -0.3 is 5.32 Å². The van der Waals surface area contributed by atoms with Gasteiger partial charge in [0.05, 0.1) is 23.1 Å². The number of carbonyl (C=O) groups is 2. The van der Waals surface area contributed by atoms with Crippen LogP contribution in [-0.2, 0) is 24.8 Å². The van der Waals surface area contributed by atoms with Gasteiger partial charge in [0.1, 0.15) is 0 Å². The van der Waals surface area contributed by atoms with Crippen molar-refractivity contribution in [3.63, 3.8) is 0 Å². The van der Waals surface area contributed by atoms with Gasteiger partial charge in [-0.15, -0.1) is 0 Å². The summed E-state index contributed by atoms with van der Waals surface area (Å²) in [7, 11) is -5.83. The molecule has 0 saturated carbocycles. The fraction of sp³-hybridized carbons (Fsp3) is 0.429. The predicted molar refractivity (Wildman–Crippen MR) is 92.1 cm³/mol. The molecule has 2 rings (SSSR count). The van der Waals surface area contributed by atoms with Gasteiger partial charge in [0.15, 0.2) is 0 Å². The number of nitrogens with zero attached hydrogens (tertiary/aromatic N) is 1. The summed E-state index contributed by atoms with van der Waals surface area (Å²) in [4.78, 5) is 24.0. The SMILES string of the molecule is CNS(=O)(=O)CCNC(=O)c1ccc(N2C(=O)C(C)CS2(=O)=O)cc1. The first-order chi connectivity index (χ1) is 11.6. The second-order valence-electron chi connectivity index (χ2n) is 5.61. The van der Waals surface area contributed by atoms with Gasteiger partial charge in [-0.1, -0.05) is 6.92 Å². The van der Waals surface area contributed by atoms with Crippen LogP contribution < -0.4 is 14.3 Å². The Morgan fingerprint density at radius 1 is 1.28 bits per heavy atom. The van der Waals surface area contributed by atoms with Crippen LogP contribution in [0.15, 0.2) is 24.3 Å². The van der Waals surface area contributed by atoms with Crippen molar-refractivity contribution in [3.05, 3.63) is 29.8 Å². The molecule has 1 aliphatic rings. The maximum absolute atomic E-state index is 12.0. The highest BCUT2D eigenvalue weighted by Gasteiger charge is 2.41. The molecule has 2 amide bonds. The maximum atomic E-state index is 12.0. The first-order valence-corrected chi connectivity index (χ1v) is 10.7. The molecule has 11 heteroatoms. The van der Waals surface area contributed by atoms with E-state index in [4.69, 9.17) is 0 Å². The summed E-state index contributed by atoms with van der Waals surface area (Å²) >= 11 is 0. The van der Waals surface area contributed by atoms with E-state index in [0.29, 0.717) is 0 Å². The number of sulfonamides is 2. The lowest BCUT2D eigenvalue weighted by Crippen LogP contribution is -2.33. The minimum atomic E-state index is -3.70. The summed E-state index contributed by atoms with van der Waals surface area (Å²) in [5.41, 5.74) is 0.395. The van der Waals surface area contributed by atoms with Crippen molar-refractivity contribution in [2.24, 2.45) is 5.92 Å². The quantitative estimate of drug-likeness (QED) is 0.660. The third-order valence-electron chi connectivity index (χ3n) is 3.69. The van der Waals surface area contributed by atoms with Crippen LogP contribution in [0.3, 0.4) is 0 Å². The van der Waals surface area contributed by atoms with Crippen LogP contribution >= 0.6 is 0 Å². The van der Waals surface area contributed by atoms with E-state index in [1.165, 1.54) is 31.3 Å². The molecule has 1 heterocycles. The first kappa shape index (κ1) is 19.3. The highest BCUT2D eigenvalue weighted by Crippen LogP contribution is 2.28. The third kappa shape index (κ3) is 4.35. The van der Waals surface area contributed by atoms with E-state index in [0.717, 1.165) is 4.31 Å². The Balaban J connectivity index is 2.07. The van der Waals surface area contributed by atoms with Crippen LogP contribution in [0.2, 0.25) is 0 Å². The molecule has 0 spiro atoms. The largest absolute Gasteiger partial charge is 0.351 e. The molecule has 9 nitrogen and oxygen atoms in total. The third-order valence-corrected chi connectivity index (χ3v) is 6.92. The Bertz CT molecular complexity index is 878. The molecule has 0 aliphatic carbocycles. The van der Waals surface area contributed by atoms with E-state index < -0.39 is 37.8 Å². The molecule has 1 saturated heterocycles. The highest BCUT2D eigenvalue weighted by atomic mass is 32.2. The van der Waals surface area contributed by atoms with Gasteiger partial charge in [-0.3, -0.25) is 9.59 Å². The molecule has 0 aromatic heterocycles. The topological polar surface area (TPSA) is 130 Å². The maximum Gasteiger partial charge on any atom is 0.251 e. The van der Waals surface area contributed by atoms with Crippen molar-refractivity contribution in [1.82, 2.24) is 10.0 Å². The van der Waals surface area contributed by atoms with Crippen molar-refractivity contribution in [2.75, 3.05) is 29.4 Å². The van der Waals surface area contributed by atoms with Crippen LogP contribution in [0.25, 0.3) is 0 Å². The van der Waals surface area contributed by atoms with E-state index in [1.54, 1.807) is 6.92 Å². The Hall–Kier alpha value is -1.98. The number of nitrogens with one attached hydrogen (secondary N) is 2. The van der Waals surface area contributed by atoms with E-state index in [9.17, 15) is 26.4 Å². The fourth-order valence-electron chi connectivity index (χ4n) is 2.34. The molecule has 1 atom stereocenters. The average molecular weight is 389 g/mol. The van der Waals surface area contributed by atoms with E-state index in [2.05, 4.69) is 10.0 Å². The average Bonchev–Trinajstić information content (AvgIpc) is 2.75. The summed E-state index contributed by atoms with van der Waals surface area (Å²) in [6, 6.07) is 5.49. The zero-order valence-electron chi connectivity index (χ0n) is 13.7. The lowest BCUT2D eigenvalue weighted by atomic mass is 10.1. The van der Waals surface area contributed by atoms with E-state index in [1.807, 2.05) is 0 Å². The highest BCUT2D eigenvalue weighted by molar-refractivity contribution is 7.94. The molecule has 1 aliphatic heterocycles. The Morgan fingerprint density at radius 2 is 1.88 bits per heavy atom. The second kappa shape index (κ2) is 7.10. The molecule has 2 N–H and O–H groups in total. The van der Waals surface area contributed by atoms with Crippen molar-refractivity contribution in [3.8, 4) is 0 Å². The van der Waals surface area contributed by atoms with Gasteiger partial charge in [0.25, 0.3) is 5.91 Å². The summed E-state index contributed by atoms with van der Waals surface area (Å²) in [6.07, 6.45) is 0. The molecule has 25 heavy (non-hydrogen) atoms. The van der Waals surface area contributed by atoms with E-state index >= 15 is 0 Å². The number of anilines is 1. The van der Waals surface area contributed by atoms with Crippen LogP contribution in [0.4, 0.5) is 5.69 Å². The molecular formula is C14H19N3O6S2. The normalized spacial score (nSPS) is 19.8. The van der Waals surface area contributed by atoms with Crippen LogP contribution in [0, 0.1) is 5.92 Å². The van der Waals surface area contributed by atoms with Gasteiger partial charge in [-0.25, -0.2) is 25.9 Å². The summed E-state index contributed by atoms with van der Waals surface area (Å²) in [5, 5.41) is 2.45. The van der Waals surface area contributed by atoms with Gasteiger partial charge in [0.2, 0.25) is 26.0 Å². The Kier molecular flexibility index (Phi) is 5.49. The number of rotatable bonds is 6. The number of amides is 2. The summed E-state index contributed by atoms with van der Waals surface area (Å²) in [5.74, 6) is -2.11. The number of carbonyl (C=O) groups excluding carboxylic acids is 2. The summed E-state index contributed by atoms with van der Waals surface area (Å²) in [6.45, 7) is 1.47. The predicted octanol–water partition coefficient (Wildman–Crippen LogP) is -0.722. The van der Waals surface area contributed by atoms with Gasteiger partial charge in [-0.2, -0.15) is 0 Å². The van der Waals surface area contributed by atoms with Gasteiger partial charge in [-0.05, 0) is 31.3 Å². The monoisotopic (exact) mass is 389 g/mol. The number of hydrogen-bond acceptors (Lipinski definition) is 6. The molecule has 0 radical (unpaired) electrons. The van der Waals surface area contributed by atoms with Crippen molar-refractivity contribution in [2.45, 2.75) is 6.92 Å². The molecule has 1 unspecified atom stereocenters. The lowest BCUT2D eigenvalue weighted by molar-refractivity contribution is -0.119. The standard InChI is InChI=1S/C14H19N3O6S2/c1-10-9-25(22,23)17(14(10)19)12-5-3-11(4-6-12)13(18)16-7-8-24(20,21)15-2/h3-6,10,15H,7-9H2,1-2H3,(H,16,18). The van der Waals surface area contributed by atoms with E-state index in [-0.39, 0.29) is 29.3 Å². The first-order valence-electron chi connectivity index (χ1n) is 7.44. The number of benzene rings is 1. The summed E-state index contributed by atoms with van der Waals surface area (Å²) < 4.78 is 49.5. The van der Waals surface area contributed by atoms with Gasteiger partial charge in [0, 0.05) is 12.1 Å². The fourth-order valence-corrected chi connectivity index (χ4v) is 4.73. The van der Waals surface area contributed by atoms with Crippen LogP contribution in [-0.4, -0.2) is 53.7 Å². The molecule has 1 aromatic rings. The Morgan fingerprint density at radius 3 is 2.36 bits per heavy atom. The lowest BCUT2D eigenvalue weighted by Gasteiger charge is -2.15.